The van der Waals surface area contributed by atoms with E-state index in [0.29, 0.717) is 36.2 Å². The van der Waals surface area contributed by atoms with Crippen LogP contribution in [0, 0.1) is 0 Å². The quantitative estimate of drug-likeness (QED) is 0.594. The fourth-order valence-electron chi connectivity index (χ4n) is 3.46. The summed E-state index contributed by atoms with van der Waals surface area (Å²) in [6.07, 6.45) is 5.96. The number of amides is 1. The lowest BCUT2D eigenvalue weighted by Gasteiger charge is -2.18. The molecule has 158 valence electrons. The predicted octanol–water partition coefficient (Wildman–Crippen LogP) is 1.36. The van der Waals surface area contributed by atoms with Crippen molar-refractivity contribution in [2.75, 3.05) is 31.7 Å². The Morgan fingerprint density at radius 2 is 2.23 bits per heavy atom. The molecule has 9 heteroatoms. The molecule has 2 unspecified atom stereocenters. The van der Waals surface area contributed by atoms with E-state index in [1.165, 1.54) is 0 Å². The summed E-state index contributed by atoms with van der Waals surface area (Å²) in [6, 6.07) is 5.77. The number of aliphatic imine (C=N–C) groups is 1. The second-order valence-electron chi connectivity index (χ2n) is 7.17. The molecule has 30 heavy (non-hydrogen) atoms. The number of rotatable bonds is 7. The highest BCUT2D eigenvalue weighted by Crippen LogP contribution is 2.26. The molecule has 0 bridgehead atoms. The number of allylic oxidation sites excluding steroid dienone is 2. The lowest BCUT2D eigenvalue weighted by atomic mass is 9.99. The highest BCUT2D eigenvalue weighted by Gasteiger charge is 2.32. The van der Waals surface area contributed by atoms with Crippen molar-refractivity contribution in [3.63, 3.8) is 0 Å². The van der Waals surface area contributed by atoms with Gasteiger partial charge in [0.1, 0.15) is 12.1 Å². The maximum absolute atomic E-state index is 12.3. The zero-order valence-electron chi connectivity index (χ0n) is 17.0. The number of nitrogens with one attached hydrogen (secondary N) is 2. The van der Waals surface area contributed by atoms with Gasteiger partial charge in [-0.15, -0.1) is 0 Å². The van der Waals surface area contributed by atoms with E-state index < -0.39 is 0 Å². The van der Waals surface area contributed by atoms with Gasteiger partial charge in [-0.3, -0.25) is 10.1 Å². The number of aliphatic hydroxyl groups excluding tert-OH is 1. The summed E-state index contributed by atoms with van der Waals surface area (Å²) in [5, 5.41) is 14.6. The molecule has 3 N–H and O–H groups in total. The van der Waals surface area contributed by atoms with Crippen LogP contribution in [0.25, 0.3) is 11.0 Å². The minimum atomic E-state index is -0.203. The largest absolute Gasteiger partial charge is 0.454 e. The first kappa shape index (κ1) is 20.1. The second-order valence-corrected chi connectivity index (χ2v) is 7.17. The zero-order valence-corrected chi connectivity index (χ0v) is 17.0. The fraction of sp³-hybridized carbons (Fsp3) is 0.381. The number of hydrogen-bond acceptors (Lipinski definition) is 7. The van der Waals surface area contributed by atoms with E-state index in [-0.39, 0.29) is 31.3 Å². The Balaban J connectivity index is 1.44. The SMILES string of the molecule is CC1=CC=CC2N=C(Nc3nc4cc(C(=O)NCCOCCO)ccc4n3C)OC12. The first-order valence-electron chi connectivity index (χ1n) is 9.86. The molecule has 0 radical (unpaired) electrons. The minimum absolute atomic E-state index is 0.0242. The zero-order chi connectivity index (χ0) is 21.1. The summed E-state index contributed by atoms with van der Waals surface area (Å²) in [7, 11) is 1.89. The Kier molecular flexibility index (Phi) is 5.82. The molecule has 4 rings (SSSR count). The Morgan fingerprint density at radius 3 is 3.03 bits per heavy atom. The standard InChI is InChI=1S/C21H25N5O4/c1-13-4-3-5-15-18(13)30-21(24-15)25-20-23-16-12-14(6-7-17(16)26(20)2)19(28)22-8-10-29-11-9-27/h3-7,12,15,18,27H,8-11H2,1-2H3,(H,22,28)(H,23,24,25). The maximum atomic E-state index is 12.3. The number of carbonyl (C=O) groups excluding carboxylic acids is 1. The van der Waals surface area contributed by atoms with Crippen molar-refractivity contribution < 1.29 is 19.4 Å². The molecule has 0 saturated carbocycles. The molecule has 1 amide bonds. The average molecular weight is 411 g/mol. The molecule has 1 aromatic carbocycles. The third kappa shape index (κ3) is 4.07. The molecular formula is C21H25N5O4. The molecule has 1 aliphatic carbocycles. The fourth-order valence-corrected chi connectivity index (χ4v) is 3.46. The Hall–Kier alpha value is -3.17. The Bertz CT molecular complexity index is 1040. The van der Waals surface area contributed by atoms with Gasteiger partial charge >= 0.3 is 0 Å². The van der Waals surface area contributed by atoms with E-state index in [1.807, 2.05) is 42.8 Å². The summed E-state index contributed by atoms with van der Waals surface area (Å²) in [5.41, 5.74) is 3.22. The number of ether oxygens (including phenoxy) is 2. The van der Waals surface area contributed by atoms with Crippen LogP contribution >= 0.6 is 0 Å². The van der Waals surface area contributed by atoms with Gasteiger partial charge < -0.3 is 24.5 Å². The predicted molar refractivity (Wildman–Crippen MR) is 114 cm³/mol. The topological polar surface area (TPSA) is 110 Å². The number of aromatic nitrogens is 2. The van der Waals surface area contributed by atoms with Crippen molar-refractivity contribution in [2.24, 2.45) is 12.0 Å². The van der Waals surface area contributed by atoms with Crippen LogP contribution in [0.4, 0.5) is 5.95 Å². The van der Waals surface area contributed by atoms with E-state index in [1.54, 1.807) is 12.1 Å². The molecule has 0 saturated heterocycles. The summed E-state index contributed by atoms with van der Waals surface area (Å²) < 4.78 is 13.0. The van der Waals surface area contributed by atoms with Crippen molar-refractivity contribution in [2.45, 2.75) is 19.1 Å². The van der Waals surface area contributed by atoms with Crippen LogP contribution < -0.4 is 10.6 Å². The maximum Gasteiger partial charge on any atom is 0.293 e. The molecule has 2 atom stereocenters. The number of hydrogen-bond donors (Lipinski definition) is 3. The lowest BCUT2D eigenvalue weighted by molar-refractivity contribution is 0.0838. The number of aliphatic hydroxyl groups is 1. The van der Waals surface area contributed by atoms with Gasteiger partial charge in [-0.1, -0.05) is 18.2 Å². The van der Waals surface area contributed by atoms with Gasteiger partial charge in [0.25, 0.3) is 11.9 Å². The summed E-state index contributed by atoms with van der Waals surface area (Å²) in [6.45, 7) is 2.97. The summed E-state index contributed by atoms with van der Waals surface area (Å²) >= 11 is 0. The second kappa shape index (κ2) is 8.68. The highest BCUT2D eigenvalue weighted by molar-refractivity contribution is 5.98. The van der Waals surface area contributed by atoms with Gasteiger partial charge in [0, 0.05) is 19.2 Å². The normalized spacial score (nSPS) is 19.8. The molecule has 0 spiro atoms. The van der Waals surface area contributed by atoms with Crippen LogP contribution in [0.15, 0.2) is 47.0 Å². The third-order valence-corrected chi connectivity index (χ3v) is 5.06. The number of nitrogens with zero attached hydrogens (tertiary/aromatic N) is 3. The highest BCUT2D eigenvalue weighted by atomic mass is 16.5. The van der Waals surface area contributed by atoms with E-state index in [0.717, 1.165) is 11.1 Å². The van der Waals surface area contributed by atoms with Crippen LogP contribution in [0.3, 0.4) is 0 Å². The van der Waals surface area contributed by atoms with Crippen molar-refractivity contribution >= 4 is 28.9 Å². The van der Waals surface area contributed by atoms with Gasteiger partial charge in [0.15, 0.2) is 0 Å². The number of amidine groups is 1. The monoisotopic (exact) mass is 411 g/mol. The van der Waals surface area contributed by atoms with Crippen molar-refractivity contribution in [3.05, 3.63) is 47.6 Å². The molecule has 0 fully saturated rings. The smallest absolute Gasteiger partial charge is 0.293 e. The van der Waals surface area contributed by atoms with Gasteiger partial charge in [0.05, 0.1) is 30.9 Å². The number of anilines is 1. The lowest BCUT2D eigenvalue weighted by Crippen LogP contribution is -2.27. The number of benzene rings is 1. The van der Waals surface area contributed by atoms with Gasteiger partial charge in [0.2, 0.25) is 5.95 Å². The molecule has 2 aliphatic rings. The number of aryl methyl sites for hydroxylation is 1. The van der Waals surface area contributed by atoms with E-state index in [2.05, 4.69) is 20.6 Å². The van der Waals surface area contributed by atoms with Crippen LogP contribution in [-0.4, -0.2) is 65.1 Å². The van der Waals surface area contributed by atoms with Gasteiger partial charge in [-0.2, -0.15) is 0 Å². The molecule has 9 nitrogen and oxygen atoms in total. The molecule has 1 aliphatic heterocycles. The molecular weight excluding hydrogens is 386 g/mol. The van der Waals surface area contributed by atoms with Crippen molar-refractivity contribution in [1.82, 2.24) is 14.9 Å². The van der Waals surface area contributed by atoms with Gasteiger partial charge in [-0.05, 0) is 30.7 Å². The molecule has 1 aromatic heterocycles. The van der Waals surface area contributed by atoms with Crippen LogP contribution in [-0.2, 0) is 16.5 Å². The minimum Gasteiger partial charge on any atom is -0.454 e. The molecule has 2 aromatic rings. The van der Waals surface area contributed by atoms with Gasteiger partial charge in [-0.25, -0.2) is 9.98 Å². The van der Waals surface area contributed by atoms with E-state index in [4.69, 9.17) is 14.6 Å². The van der Waals surface area contributed by atoms with Crippen LogP contribution in [0.5, 0.6) is 0 Å². The molecule has 2 heterocycles. The number of imidazole rings is 1. The first-order valence-corrected chi connectivity index (χ1v) is 9.86. The number of fused-ring (bicyclic) bond motifs is 2. The summed E-state index contributed by atoms with van der Waals surface area (Å²) in [4.78, 5) is 21.5. The summed E-state index contributed by atoms with van der Waals surface area (Å²) in [5.74, 6) is 0.384. The average Bonchev–Trinajstić information content (AvgIpc) is 3.29. The first-order chi connectivity index (χ1) is 14.6. The van der Waals surface area contributed by atoms with Crippen LogP contribution in [0.1, 0.15) is 17.3 Å². The van der Waals surface area contributed by atoms with Crippen LogP contribution in [0.2, 0.25) is 0 Å². The van der Waals surface area contributed by atoms with Crippen molar-refractivity contribution in [1.29, 1.82) is 0 Å². The third-order valence-electron chi connectivity index (χ3n) is 5.06. The van der Waals surface area contributed by atoms with Crippen molar-refractivity contribution in [3.8, 4) is 0 Å². The Morgan fingerprint density at radius 1 is 1.37 bits per heavy atom. The Labute approximate surface area is 174 Å². The van der Waals surface area contributed by atoms with E-state index in [9.17, 15) is 4.79 Å². The van der Waals surface area contributed by atoms with E-state index >= 15 is 0 Å². The number of carbonyl (C=O) groups is 1.